The van der Waals surface area contributed by atoms with Crippen LogP contribution in [0.25, 0.3) is 0 Å². The first-order chi connectivity index (χ1) is 5.16. The summed E-state index contributed by atoms with van der Waals surface area (Å²) < 4.78 is 0.665. The molecule has 5 N–H and O–H groups in total. The third-order valence-electron chi connectivity index (χ3n) is 1.40. The second kappa shape index (κ2) is 2.92. The zero-order chi connectivity index (χ0) is 8.43. The van der Waals surface area contributed by atoms with Crippen molar-refractivity contribution in [2.24, 2.45) is 0 Å². The molecule has 1 rings (SSSR count). The Morgan fingerprint density at radius 3 is 2.55 bits per heavy atom. The fourth-order valence-corrected chi connectivity index (χ4v) is 1.11. The highest BCUT2D eigenvalue weighted by molar-refractivity contribution is 9.10. The Kier molecular flexibility index (Phi) is 2.14. The summed E-state index contributed by atoms with van der Waals surface area (Å²) in [6.45, 7) is 0. The van der Waals surface area contributed by atoms with Gasteiger partial charge < -0.3 is 16.9 Å². The summed E-state index contributed by atoms with van der Waals surface area (Å²) in [4.78, 5) is 0. The highest BCUT2D eigenvalue weighted by Crippen LogP contribution is 2.28. The zero-order valence-corrected chi connectivity index (χ0v) is 7.35. The average molecular weight is 214 g/mol. The van der Waals surface area contributed by atoms with Crippen molar-refractivity contribution < 1.29 is 0 Å². The molecule has 0 unspecified atom stereocenters. The number of halogens is 1. The van der Waals surface area contributed by atoms with Crippen molar-refractivity contribution in [1.82, 2.24) is 0 Å². The molecule has 3 nitrogen and oxygen atoms in total. The van der Waals surface area contributed by atoms with Gasteiger partial charge in [-0.2, -0.15) is 0 Å². The van der Waals surface area contributed by atoms with Crippen molar-refractivity contribution in [3.05, 3.63) is 22.2 Å². The molecule has 0 atom stereocenters. The number of nitrogen functional groups attached to an aromatic ring is 2. The van der Waals surface area contributed by atoms with Crippen LogP contribution < -0.4 is 11.5 Å². The van der Waals surface area contributed by atoms with Gasteiger partial charge in [-0.3, -0.25) is 0 Å². The molecule has 0 bridgehead atoms. The van der Waals surface area contributed by atoms with Crippen molar-refractivity contribution in [1.29, 1.82) is 5.41 Å². The first-order valence-corrected chi connectivity index (χ1v) is 3.80. The van der Waals surface area contributed by atoms with Crippen LogP contribution in [0.5, 0.6) is 0 Å². The van der Waals surface area contributed by atoms with E-state index >= 15 is 0 Å². The topological polar surface area (TPSA) is 75.9 Å². The van der Waals surface area contributed by atoms with Gasteiger partial charge in [0, 0.05) is 17.5 Å². The minimum Gasteiger partial charge on any atom is -0.398 e. The molecule has 0 saturated heterocycles. The van der Waals surface area contributed by atoms with Crippen LogP contribution in [0, 0.1) is 5.41 Å². The lowest BCUT2D eigenvalue weighted by Crippen LogP contribution is -1.97. The Balaban J connectivity index is 3.36. The molecule has 0 aliphatic carbocycles. The van der Waals surface area contributed by atoms with E-state index in [0.29, 0.717) is 21.4 Å². The Labute approximate surface area is 73.0 Å². The number of hydrogen-bond acceptors (Lipinski definition) is 3. The molecule has 0 amide bonds. The molecule has 11 heavy (non-hydrogen) atoms. The van der Waals surface area contributed by atoms with Crippen molar-refractivity contribution in [2.75, 3.05) is 11.5 Å². The Bertz CT molecular complexity index is 296. The number of hydrogen-bond donors (Lipinski definition) is 3. The predicted molar refractivity (Wildman–Crippen MR) is 50.9 cm³/mol. The van der Waals surface area contributed by atoms with Gasteiger partial charge in [-0.25, -0.2) is 0 Å². The molecule has 0 fully saturated rings. The molecule has 0 heterocycles. The van der Waals surface area contributed by atoms with E-state index in [1.807, 2.05) is 0 Å². The number of anilines is 2. The lowest BCUT2D eigenvalue weighted by atomic mass is 10.2. The van der Waals surface area contributed by atoms with Gasteiger partial charge in [0.25, 0.3) is 0 Å². The monoisotopic (exact) mass is 213 g/mol. The van der Waals surface area contributed by atoms with Crippen LogP contribution >= 0.6 is 15.9 Å². The van der Waals surface area contributed by atoms with Gasteiger partial charge in [0.05, 0.1) is 10.2 Å². The van der Waals surface area contributed by atoms with Crippen LogP contribution in [0.1, 0.15) is 5.56 Å². The standard InChI is InChI=1S/C7H8BrN3/c8-6-5(10)2-1-4(3-9)7(6)11/h1-3,9H,10-11H2. The number of rotatable bonds is 1. The minimum atomic E-state index is 0.514. The van der Waals surface area contributed by atoms with Crippen molar-refractivity contribution in [3.63, 3.8) is 0 Å². The maximum absolute atomic E-state index is 6.99. The summed E-state index contributed by atoms with van der Waals surface area (Å²) in [5.74, 6) is 0. The summed E-state index contributed by atoms with van der Waals surface area (Å²) in [7, 11) is 0. The summed E-state index contributed by atoms with van der Waals surface area (Å²) >= 11 is 3.22. The first kappa shape index (κ1) is 8.07. The average Bonchev–Trinajstić information content (AvgIpc) is 2.01. The normalized spacial score (nSPS) is 9.55. The smallest absolute Gasteiger partial charge is 0.0640 e. The van der Waals surface area contributed by atoms with E-state index in [1.54, 1.807) is 12.1 Å². The fourth-order valence-electron chi connectivity index (χ4n) is 0.751. The quantitative estimate of drug-likeness (QED) is 0.490. The molecule has 4 heteroatoms. The fraction of sp³-hybridized carbons (Fsp3) is 0. The molecule has 0 aromatic heterocycles. The molecule has 0 spiro atoms. The van der Waals surface area contributed by atoms with Crippen LogP contribution in [0.15, 0.2) is 16.6 Å². The highest BCUT2D eigenvalue weighted by Gasteiger charge is 2.03. The molecule has 0 saturated carbocycles. The van der Waals surface area contributed by atoms with Gasteiger partial charge in [-0.15, -0.1) is 0 Å². The molecular formula is C7H8BrN3. The molecule has 0 aliphatic heterocycles. The Morgan fingerprint density at radius 2 is 2.00 bits per heavy atom. The van der Waals surface area contributed by atoms with Crippen molar-refractivity contribution in [3.8, 4) is 0 Å². The van der Waals surface area contributed by atoms with Gasteiger partial charge >= 0.3 is 0 Å². The van der Waals surface area contributed by atoms with Crippen LogP contribution in [0.2, 0.25) is 0 Å². The molecule has 58 valence electrons. The van der Waals surface area contributed by atoms with E-state index in [1.165, 1.54) is 6.21 Å². The highest BCUT2D eigenvalue weighted by atomic mass is 79.9. The molecular weight excluding hydrogens is 206 g/mol. The van der Waals surface area contributed by atoms with Crippen LogP contribution in [0.4, 0.5) is 11.4 Å². The van der Waals surface area contributed by atoms with E-state index in [2.05, 4.69) is 15.9 Å². The predicted octanol–water partition coefficient (Wildman–Crippen LogP) is 1.61. The largest absolute Gasteiger partial charge is 0.398 e. The second-order valence-electron chi connectivity index (χ2n) is 2.12. The number of nitrogens with two attached hydrogens (primary N) is 2. The van der Waals surface area contributed by atoms with E-state index in [4.69, 9.17) is 16.9 Å². The summed E-state index contributed by atoms with van der Waals surface area (Å²) in [5.41, 5.74) is 12.9. The molecule has 0 radical (unpaired) electrons. The van der Waals surface area contributed by atoms with Crippen LogP contribution in [-0.4, -0.2) is 6.21 Å². The van der Waals surface area contributed by atoms with Crippen LogP contribution in [0.3, 0.4) is 0 Å². The third kappa shape index (κ3) is 1.35. The van der Waals surface area contributed by atoms with Gasteiger partial charge in [0.15, 0.2) is 0 Å². The molecule has 1 aromatic rings. The van der Waals surface area contributed by atoms with Crippen LogP contribution in [-0.2, 0) is 0 Å². The van der Waals surface area contributed by atoms with Gasteiger partial charge in [-0.1, -0.05) is 0 Å². The summed E-state index contributed by atoms with van der Waals surface area (Å²) in [6.07, 6.45) is 1.19. The second-order valence-corrected chi connectivity index (χ2v) is 2.91. The van der Waals surface area contributed by atoms with Gasteiger partial charge in [0.1, 0.15) is 0 Å². The first-order valence-electron chi connectivity index (χ1n) is 3.00. The summed E-state index contributed by atoms with van der Waals surface area (Å²) in [5, 5.41) is 6.99. The molecule has 0 aliphatic rings. The van der Waals surface area contributed by atoms with Crippen molar-refractivity contribution in [2.45, 2.75) is 0 Å². The van der Waals surface area contributed by atoms with E-state index in [0.717, 1.165) is 0 Å². The number of nitrogens with one attached hydrogen (secondary N) is 1. The lowest BCUT2D eigenvalue weighted by Gasteiger charge is -2.04. The third-order valence-corrected chi connectivity index (χ3v) is 2.28. The minimum absolute atomic E-state index is 0.514. The van der Waals surface area contributed by atoms with E-state index in [-0.39, 0.29) is 0 Å². The number of benzene rings is 1. The SMILES string of the molecule is N=Cc1ccc(N)c(Br)c1N. The van der Waals surface area contributed by atoms with Gasteiger partial charge in [0.2, 0.25) is 0 Å². The maximum atomic E-state index is 6.99. The summed E-state index contributed by atoms with van der Waals surface area (Å²) in [6, 6.07) is 3.42. The Morgan fingerprint density at radius 1 is 1.36 bits per heavy atom. The maximum Gasteiger partial charge on any atom is 0.0640 e. The zero-order valence-electron chi connectivity index (χ0n) is 5.76. The van der Waals surface area contributed by atoms with E-state index in [9.17, 15) is 0 Å². The van der Waals surface area contributed by atoms with Gasteiger partial charge in [-0.05, 0) is 28.1 Å². The lowest BCUT2D eigenvalue weighted by molar-refractivity contribution is 1.52. The van der Waals surface area contributed by atoms with Crippen molar-refractivity contribution >= 4 is 33.5 Å². The molecule has 1 aromatic carbocycles. The van der Waals surface area contributed by atoms with E-state index < -0.39 is 0 Å². The Hall–Kier alpha value is -1.03.